The highest BCUT2D eigenvalue weighted by atomic mass is 16.2. The molecule has 0 unspecified atom stereocenters. The summed E-state index contributed by atoms with van der Waals surface area (Å²) in [6.45, 7) is 4.78. The normalized spacial score (nSPS) is 23.8. The number of benzene rings is 1. The van der Waals surface area contributed by atoms with E-state index in [1.165, 1.54) is 0 Å². The summed E-state index contributed by atoms with van der Waals surface area (Å²) in [6, 6.07) is 7.90. The summed E-state index contributed by atoms with van der Waals surface area (Å²) in [4.78, 5) is 39.9. The van der Waals surface area contributed by atoms with Gasteiger partial charge in [0.1, 0.15) is 5.78 Å². The molecule has 2 amide bonds. The Kier molecular flexibility index (Phi) is 5.06. The number of carbonyl (C=O) groups is 3. The molecule has 1 aliphatic carbocycles. The van der Waals surface area contributed by atoms with Gasteiger partial charge in [0.25, 0.3) is 0 Å². The van der Waals surface area contributed by atoms with E-state index in [0.717, 1.165) is 24.3 Å². The smallest absolute Gasteiger partial charge is 0.222 e. The van der Waals surface area contributed by atoms with Gasteiger partial charge in [-0.1, -0.05) is 25.1 Å². The molecule has 0 spiro atoms. The van der Waals surface area contributed by atoms with E-state index in [2.05, 4.69) is 4.90 Å². The number of para-hydroxylation sites is 1. The van der Waals surface area contributed by atoms with Gasteiger partial charge in [0, 0.05) is 56.5 Å². The first kappa shape index (κ1) is 17.5. The largest absolute Gasteiger partial charge is 0.369 e. The number of anilines is 1. The number of nitrogens with two attached hydrogens (primary N) is 1. The van der Waals surface area contributed by atoms with Gasteiger partial charge in [-0.15, -0.1) is 0 Å². The third-order valence-corrected chi connectivity index (χ3v) is 5.35. The third kappa shape index (κ3) is 3.52. The number of amides is 2. The maximum absolute atomic E-state index is 12.4. The van der Waals surface area contributed by atoms with Gasteiger partial charge < -0.3 is 15.5 Å². The van der Waals surface area contributed by atoms with Crippen LogP contribution in [0.25, 0.3) is 0 Å². The fraction of sp³-hybridized carbons (Fsp3) is 0.526. The molecular weight excluding hydrogens is 318 g/mol. The third-order valence-electron chi connectivity index (χ3n) is 5.35. The van der Waals surface area contributed by atoms with E-state index in [-0.39, 0.29) is 35.9 Å². The molecule has 2 fully saturated rings. The average Bonchev–Trinajstić information content (AvgIpc) is 3.03. The molecule has 0 radical (unpaired) electrons. The second-order valence-electron chi connectivity index (χ2n) is 6.84. The maximum Gasteiger partial charge on any atom is 0.222 e. The topological polar surface area (TPSA) is 83.7 Å². The fourth-order valence-electron chi connectivity index (χ4n) is 3.89. The average molecular weight is 343 g/mol. The molecule has 2 aliphatic rings. The minimum Gasteiger partial charge on any atom is -0.369 e. The van der Waals surface area contributed by atoms with E-state index in [4.69, 9.17) is 5.73 Å². The zero-order valence-corrected chi connectivity index (χ0v) is 14.6. The Labute approximate surface area is 148 Å². The van der Waals surface area contributed by atoms with Crippen LogP contribution in [0.5, 0.6) is 0 Å². The van der Waals surface area contributed by atoms with Crippen molar-refractivity contribution in [2.75, 3.05) is 31.1 Å². The van der Waals surface area contributed by atoms with Crippen molar-refractivity contribution in [1.82, 2.24) is 4.90 Å². The summed E-state index contributed by atoms with van der Waals surface area (Å²) in [5.74, 6) is -0.729. The molecule has 2 N–H and O–H groups in total. The van der Waals surface area contributed by atoms with Crippen molar-refractivity contribution in [3.05, 3.63) is 29.8 Å². The molecule has 1 saturated carbocycles. The first-order chi connectivity index (χ1) is 12.0. The van der Waals surface area contributed by atoms with Crippen LogP contribution < -0.4 is 10.6 Å². The van der Waals surface area contributed by atoms with Crippen molar-refractivity contribution < 1.29 is 14.4 Å². The summed E-state index contributed by atoms with van der Waals surface area (Å²) in [6.07, 6.45) is 1.27. The zero-order valence-electron chi connectivity index (χ0n) is 14.6. The monoisotopic (exact) mass is 343 g/mol. The number of hydrogen-bond acceptors (Lipinski definition) is 4. The molecule has 2 atom stereocenters. The zero-order chi connectivity index (χ0) is 18.0. The summed E-state index contributed by atoms with van der Waals surface area (Å²) in [5.41, 5.74) is 7.41. The highest BCUT2D eigenvalue weighted by molar-refractivity contribution is 5.95. The van der Waals surface area contributed by atoms with Gasteiger partial charge >= 0.3 is 0 Å². The van der Waals surface area contributed by atoms with E-state index in [1.807, 2.05) is 36.1 Å². The van der Waals surface area contributed by atoms with E-state index < -0.39 is 0 Å². The molecule has 1 aliphatic heterocycles. The van der Waals surface area contributed by atoms with E-state index >= 15 is 0 Å². The predicted molar refractivity (Wildman–Crippen MR) is 95.2 cm³/mol. The van der Waals surface area contributed by atoms with Crippen LogP contribution in [-0.2, 0) is 14.4 Å². The van der Waals surface area contributed by atoms with Crippen LogP contribution in [0.3, 0.4) is 0 Å². The lowest BCUT2D eigenvalue weighted by molar-refractivity contribution is -0.131. The number of carbonyl (C=O) groups excluding carboxylic acids is 3. The van der Waals surface area contributed by atoms with Crippen LogP contribution in [0, 0.1) is 5.92 Å². The lowest BCUT2D eigenvalue weighted by atomic mass is 9.93. The summed E-state index contributed by atoms with van der Waals surface area (Å²) in [7, 11) is 0. The molecule has 3 rings (SSSR count). The van der Waals surface area contributed by atoms with Crippen molar-refractivity contribution in [2.24, 2.45) is 11.7 Å². The number of ketones is 1. The maximum atomic E-state index is 12.4. The highest BCUT2D eigenvalue weighted by Crippen LogP contribution is 2.39. The number of piperazine rings is 1. The lowest BCUT2D eigenvalue weighted by Crippen LogP contribution is -2.49. The predicted octanol–water partition coefficient (Wildman–Crippen LogP) is 1.29. The van der Waals surface area contributed by atoms with Crippen molar-refractivity contribution in [2.45, 2.75) is 32.1 Å². The first-order valence-electron chi connectivity index (χ1n) is 8.95. The number of hydrogen-bond donors (Lipinski definition) is 1. The van der Waals surface area contributed by atoms with Crippen LogP contribution in [0.4, 0.5) is 5.69 Å². The molecule has 1 aromatic rings. The Morgan fingerprint density at radius 2 is 1.84 bits per heavy atom. The van der Waals surface area contributed by atoms with E-state index in [0.29, 0.717) is 25.9 Å². The molecule has 0 aromatic heterocycles. The van der Waals surface area contributed by atoms with E-state index in [1.54, 1.807) is 0 Å². The summed E-state index contributed by atoms with van der Waals surface area (Å²) in [5, 5.41) is 0. The number of nitrogens with zero attached hydrogens (tertiary/aromatic N) is 2. The molecule has 0 bridgehead atoms. The minimum absolute atomic E-state index is 0.0936. The minimum atomic E-state index is -0.389. The molecule has 1 aromatic carbocycles. The SMILES string of the molecule is CCC(=O)N1CCN(c2ccccc2[C@H]2C[C@H](C(N)=O)CC2=O)CC1. The van der Waals surface area contributed by atoms with Crippen molar-refractivity contribution in [1.29, 1.82) is 0 Å². The van der Waals surface area contributed by atoms with Gasteiger partial charge in [-0.25, -0.2) is 0 Å². The van der Waals surface area contributed by atoms with Gasteiger partial charge in [0.05, 0.1) is 0 Å². The van der Waals surface area contributed by atoms with Gasteiger partial charge in [-0.2, -0.15) is 0 Å². The first-order valence-corrected chi connectivity index (χ1v) is 8.95. The Balaban J connectivity index is 1.77. The molecule has 6 nitrogen and oxygen atoms in total. The van der Waals surface area contributed by atoms with Gasteiger partial charge in [0.15, 0.2) is 0 Å². The second kappa shape index (κ2) is 7.25. The quantitative estimate of drug-likeness (QED) is 0.893. The van der Waals surface area contributed by atoms with E-state index in [9.17, 15) is 14.4 Å². The molecule has 1 heterocycles. The second-order valence-corrected chi connectivity index (χ2v) is 6.84. The van der Waals surface area contributed by atoms with Crippen LogP contribution in [0.1, 0.15) is 37.7 Å². The van der Waals surface area contributed by atoms with Crippen molar-refractivity contribution in [3.8, 4) is 0 Å². The number of Topliss-reactive ketones (excluding diaryl/α,β-unsaturated/α-hetero) is 1. The number of primary amides is 1. The van der Waals surface area contributed by atoms with Crippen LogP contribution in [0.2, 0.25) is 0 Å². The van der Waals surface area contributed by atoms with Crippen LogP contribution >= 0.6 is 0 Å². The summed E-state index contributed by atoms with van der Waals surface area (Å²) >= 11 is 0. The van der Waals surface area contributed by atoms with Crippen molar-refractivity contribution >= 4 is 23.3 Å². The van der Waals surface area contributed by atoms with Gasteiger partial charge in [-0.05, 0) is 18.1 Å². The van der Waals surface area contributed by atoms with Gasteiger partial charge in [-0.3, -0.25) is 14.4 Å². The Morgan fingerprint density at radius 3 is 2.44 bits per heavy atom. The van der Waals surface area contributed by atoms with Crippen molar-refractivity contribution in [3.63, 3.8) is 0 Å². The molecular formula is C19H25N3O3. The number of rotatable bonds is 4. The Morgan fingerprint density at radius 1 is 1.16 bits per heavy atom. The Hall–Kier alpha value is -2.37. The molecule has 25 heavy (non-hydrogen) atoms. The van der Waals surface area contributed by atoms with Gasteiger partial charge in [0.2, 0.25) is 11.8 Å². The standard InChI is InChI=1S/C19H25N3O3/c1-2-18(24)22-9-7-21(8-10-22)16-6-4-3-5-14(16)15-11-13(19(20)25)12-17(15)23/h3-6,13,15H,2,7-12H2,1H3,(H2,20,25)/t13-,15+/m0/s1. The highest BCUT2D eigenvalue weighted by Gasteiger charge is 2.38. The Bertz CT molecular complexity index is 680. The molecule has 1 saturated heterocycles. The molecule has 134 valence electrons. The molecule has 6 heteroatoms. The van der Waals surface area contributed by atoms with Crippen LogP contribution in [-0.4, -0.2) is 48.7 Å². The summed E-state index contributed by atoms with van der Waals surface area (Å²) < 4.78 is 0. The lowest BCUT2D eigenvalue weighted by Gasteiger charge is -2.37. The fourth-order valence-corrected chi connectivity index (χ4v) is 3.89. The van der Waals surface area contributed by atoms with Crippen LogP contribution in [0.15, 0.2) is 24.3 Å².